The van der Waals surface area contributed by atoms with Gasteiger partial charge in [-0.15, -0.1) is 27.8 Å². The largest absolute Gasteiger partial charge is 0.219 e. The SMILES string of the molecule is Fc1ccc(-c2cn(-c3csc(-c4cccs4)c3)nn2)cc1. The van der Waals surface area contributed by atoms with Gasteiger partial charge in [0.1, 0.15) is 11.5 Å². The van der Waals surface area contributed by atoms with E-state index in [0.29, 0.717) is 0 Å². The molecule has 0 bridgehead atoms. The molecule has 0 atom stereocenters. The molecule has 0 amide bonds. The van der Waals surface area contributed by atoms with Crippen LogP contribution in [0.5, 0.6) is 0 Å². The van der Waals surface area contributed by atoms with Crippen LogP contribution in [-0.4, -0.2) is 15.0 Å². The third kappa shape index (κ3) is 2.47. The Kier molecular flexibility index (Phi) is 3.32. The number of benzene rings is 1. The third-order valence-electron chi connectivity index (χ3n) is 3.25. The second-order valence-corrected chi connectivity index (χ2v) is 6.56. The van der Waals surface area contributed by atoms with E-state index in [0.717, 1.165) is 16.9 Å². The zero-order chi connectivity index (χ0) is 14.9. The van der Waals surface area contributed by atoms with Gasteiger partial charge in [-0.3, -0.25) is 0 Å². The first kappa shape index (κ1) is 13.4. The van der Waals surface area contributed by atoms with Crippen molar-refractivity contribution in [2.45, 2.75) is 0 Å². The van der Waals surface area contributed by atoms with E-state index in [2.05, 4.69) is 33.2 Å². The van der Waals surface area contributed by atoms with E-state index in [9.17, 15) is 4.39 Å². The Bertz CT molecular complexity index is 892. The zero-order valence-corrected chi connectivity index (χ0v) is 12.9. The molecular formula is C16H10FN3S2. The summed E-state index contributed by atoms with van der Waals surface area (Å²) in [7, 11) is 0. The highest BCUT2D eigenvalue weighted by Crippen LogP contribution is 2.32. The molecule has 4 rings (SSSR count). The highest BCUT2D eigenvalue weighted by atomic mass is 32.1. The molecule has 0 saturated heterocycles. The van der Waals surface area contributed by atoms with Crippen LogP contribution >= 0.6 is 22.7 Å². The average Bonchev–Trinajstić information content (AvgIpc) is 3.27. The summed E-state index contributed by atoms with van der Waals surface area (Å²) in [6.07, 6.45) is 1.85. The van der Waals surface area contributed by atoms with Gasteiger partial charge in [0.2, 0.25) is 0 Å². The molecule has 3 aromatic heterocycles. The molecule has 0 fully saturated rings. The maximum Gasteiger partial charge on any atom is 0.123 e. The lowest BCUT2D eigenvalue weighted by atomic mass is 10.2. The monoisotopic (exact) mass is 327 g/mol. The van der Waals surface area contributed by atoms with Crippen molar-refractivity contribution in [1.29, 1.82) is 0 Å². The van der Waals surface area contributed by atoms with Crippen LogP contribution in [0.25, 0.3) is 26.7 Å². The van der Waals surface area contributed by atoms with Crippen LogP contribution in [0.3, 0.4) is 0 Å². The predicted octanol–water partition coefficient (Wildman–Crippen LogP) is 4.86. The van der Waals surface area contributed by atoms with Crippen molar-refractivity contribution in [1.82, 2.24) is 15.0 Å². The average molecular weight is 327 g/mol. The Morgan fingerprint density at radius 3 is 2.64 bits per heavy atom. The molecular weight excluding hydrogens is 317 g/mol. The molecule has 108 valence electrons. The minimum absolute atomic E-state index is 0.255. The molecule has 3 heterocycles. The second kappa shape index (κ2) is 5.47. The number of rotatable bonds is 3. The van der Waals surface area contributed by atoms with E-state index in [1.165, 1.54) is 21.9 Å². The molecule has 0 N–H and O–H groups in total. The molecule has 0 saturated carbocycles. The van der Waals surface area contributed by atoms with Gasteiger partial charge < -0.3 is 0 Å². The molecule has 6 heteroatoms. The number of thiophene rings is 2. The van der Waals surface area contributed by atoms with Crippen LogP contribution in [0.4, 0.5) is 4.39 Å². The first-order chi connectivity index (χ1) is 10.8. The number of hydrogen-bond acceptors (Lipinski definition) is 4. The number of nitrogens with zero attached hydrogens (tertiary/aromatic N) is 3. The Morgan fingerprint density at radius 2 is 1.86 bits per heavy atom. The van der Waals surface area contributed by atoms with Crippen LogP contribution in [0, 0.1) is 5.82 Å². The van der Waals surface area contributed by atoms with Crippen LogP contribution in [0.2, 0.25) is 0 Å². The van der Waals surface area contributed by atoms with Gasteiger partial charge >= 0.3 is 0 Å². The van der Waals surface area contributed by atoms with E-state index in [1.807, 2.05) is 12.3 Å². The van der Waals surface area contributed by atoms with Crippen LogP contribution in [0.1, 0.15) is 0 Å². The number of hydrogen-bond donors (Lipinski definition) is 0. The van der Waals surface area contributed by atoms with E-state index in [1.54, 1.807) is 39.5 Å². The smallest absolute Gasteiger partial charge is 0.123 e. The van der Waals surface area contributed by atoms with Crippen molar-refractivity contribution >= 4 is 22.7 Å². The molecule has 0 unspecified atom stereocenters. The van der Waals surface area contributed by atoms with Gasteiger partial charge in [-0.05, 0) is 41.8 Å². The van der Waals surface area contributed by atoms with Crippen molar-refractivity contribution < 1.29 is 4.39 Å². The van der Waals surface area contributed by atoms with Gasteiger partial charge in [-0.25, -0.2) is 9.07 Å². The molecule has 1 aromatic carbocycles. The van der Waals surface area contributed by atoms with Crippen LogP contribution in [-0.2, 0) is 0 Å². The Balaban J connectivity index is 1.65. The Labute approximate surface area is 134 Å². The van der Waals surface area contributed by atoms with E-state index in [4.69, 9.17) is 0 Å². The summed E-state index contributed by atoms with van der Waals surface area (Å²) in [5.41, 5.74) is 2.56. The van der Waals surface area contributed by atoms with Gasteiger partial charge in [0.25, 0.3) is 0 Å². The standard InChI is InChI=1S/C16H10FN3S2/c17-12-5-3-11(4-6-12)14-9-20(19-18-14)13-8-16(22-10-13)15-2-1-7-21-15/h1-10H. The van der Waals surface area contributed by atoms with E-state index in [-0.39, 0.29) is 5.82 Å². The summed E-state index contributed by atoms with van der Waals surface area (Å²) in [6.45, 7) is 0. The van der Waals surface area contributed by atoms with Crippen molar-refractivity contribution in [2.75, 3.05) is 0 Å². The van der Waals surface area contributed by atoms with Gasteiger partial charge in [-0.2, -0.15) is 0 Å². The fourth-order valence-electron chi connectivity index (χ4n) is 2.14. The van der Waals surface area contributed by atoms with Gasteiger partial charge in [0, 0.05) is 20.7 Å². The maximum absolute atomic E-state index is 13.0. The summed E-state index contributed by atoms with van der Waals surface area (Å²) < 4.78 is 14.7. The summed E-state index contributed by atoms with van der Waals surface area (Å²) in [4.78, 5) is 2.46. The van der Waals surface area contributed by atoms with Crippen molar-refractivity contribution in [3.63, 3.8) is 0 Å². The highest BCUT2D eigenvalue weighted by Gasteiger charge is 2.09. The van der Waals surface area contributed by atoms with Gasteiger partial charge in [0.05, 0.1) is 11.9 Å². The van der Waals surface area contributed by atoms with Crippen molar-refractivity contribution in [2.24, 2.45) is 0 Å². The van der Waals surface area contributed by atoms with Crippen molar-refractivity contribution in [3.05, 3.63) is 65.2 Å². The topological polar surface area (TPSA) is 30.7 Å². The summed E-state index contributed by atoms with van der Waals surface area (Å²) in [6, 6.07) is 12.5. The molecule has 0 aliphatic carbocycles. The quantitative estimate of drug-likeness (QED) is 0.538. The second-order valence-electron chi connectivity index (χ2n) is 4.70. The fraction of sp³-hybridized carbons (Fsp3) is 0. The third-order valence-corrected chi connectivity index (χ3v) is 5.23. The molecule has 0 aliphatic heterocycles. The zero-order valence-electron chi connectivity index (χ0n) is 11.3. The molecule has 4 aromatic rings. The lowest BCUT2D eigenvalue weighted by Crippen LogP contribution is -1.91. The van der Waals surface area contributed by atoms with Crippen LogP contribution < -0.4 is 0 Å². The predicted molar refractivity (Wildman–Crippen MR) is 87.9 cm³/mol. The highest BCUT2D eigenvalue weighted by molar-refractivity contribution is 7.20. The first-order valence-corrected chi connectivity index (χ1v) is 8.36. The summed E-state index contributed by atoms with van der Waals surface area (Å²) >= 11 is 3.40. The minimum atomic E-state index is -0.255. The molecule has 0 aliphatic rings. The van der Waals surface area contributed by atoms with Gasteiger partial charge in [-0.1, -0.05) is 11.3 Å². The van der Waals surface area contributed by atoms with E-state index < -0.39 is 0 Å². The molecule has 0 spiro atoms. The number of halogens is 1. The first-order valence-electron chi connectivity index (χ1n) is 6.61. The van der Waals surface area contributed by atoms with Crippen LogP contribution in [0.15, 0.2) is 59.4 Å². The minimum Gasteiger partial charge on any atom is -0.219 e. The van der Waals surface area contributed by atoms with E-state index >= 15 is 0 Å². The normalized spacial score (nSPS) is 11.0. The lowest BCUT2D eigenvalue weighted by Gasteiger charge is -1.95. The fourth-order valence-corrected chi connectivity index (χ4v) is 3.86. The Hall–Kier alpha value is -2.31. The molecule has 0 radical (unpaired) electrons. The molecule has 3 nitrogen and oxygen atoms in total. The summed E-state index contributed by atoms with van der Waals surface area (Å²) in [5.74, 6) is -0.255. The molecule has 22 heavy (non-hydrogen) atoms. The Morgan fingerprint density at radius 1 is 1.00 bits per heavy atom. The summed E-state index contributed by atoms with van der Waals surface area (Å²) in [5, 5.41) is 12.4. The number of aromatic nitrogens is 3. The van der Waals surface area contributed by atoms with Crippen molar-refractivity contribution in [3.8, 4) is 26.7 Å². The maximum atomic E-state index is 13.0. The van der Waals surface area contributed by atoms with Gasteiger partial charge in [0.15, 0.2) is 0 Å². The lowest BCUT2D eigenvalue weighted by molar-refractivity contribution is 0.628.